The van der Waals surface area contributed by atoms with Crippen molar-refractivity contribution in [2.75, 3.05) is 20.1 Å². The third-order valence-electron chi connectivity index (χ3n) is 11.8. The second-order valence-corrected chi connectivity index (χ2v) is 17.2. The fourth-order valence-electron chi connectivity index (χ4n) is 8.09. The molecule has 0 unspecified atom stereocenters. The van der Waals surface area contributed by atoms with Gasteiger partial charge >= 0.3 is 0 Å². The molecular weight excluding hydrogens is 603 g/mol. The van der Waals surface area contributed by atoms with Crippen LogP contribution in [0.25, 0.3) is 0 Å². The lowest BCUT2D eigenvalue weighted by Crippen LogP contribution is -2.20. The zero-order valence-corrected chi connectivity index (χ0v) is 36.0. The highest BCUT2D eigenvalue weighted by Crippen LogP contribution is 2.17. The fourth-order valence-corrected chi connectivity index (χ4v) is 8.09. The van der Waals surface area contributed by atoms with E-state index in [1.807, 2.05) is 0 Å². The van der Waals surface area contributed by atoms with Crippen molar-refractivity contribution in [3.05, 3.63) is 0 Å². The van der Waals surface area contributed by atoms with Gasteiger partial charge in [0.25, 0.3) is 0 Å². The molecule has 0 amide bonds. The highest BCUT2D eigenvalue weighted by Gasteiger charge is 2.01. The molecule has 0 spiro atoms. The van der Waals surface area contributed by atoms with Gasteiger partial charge in [-0.2, -0.15) is 0 Å². The highest BCUT2D eigenvalue weighted by atomic mass is 15.1. The summed E-state index contributed by atoms with van der Waals surface area (Å²) in [6.45, 7) is 7.26. The Kier molecular flexibility index (Phi) is 46.9. The van der Waals surface area contributed by atoms with E-state index in [4.69, 9.17) is 0 Å². The lowest BCUT2D eigenvalue weighted by Gasteiger charge is -2.16. The standard InChI is InChI=1S/C49H101N/c1-4-6-8-10-12-14-16-18-20-22-24-26-28-30-32-34-36-38-40-42-44-46-48-50(3)49-47-45-43-41-39-37-35-33-31-29-27-25-23-21-19-17-15-13-11-9-7-5-2/h4-49H2,1-3H3. The molecule has 0 heterocycles. The number of nitrogens with zero attached hydrogens (tertiary/aromatic N) is 1. The van der Waals surface area contributed by atoms with E-state index < -0.39 is 0 Å². The van der Waals surface area contributed by atoms with Crippen molar-refractivity contribution < 1.29 is 0 Å². The van der Waals surface area contributed by atoms with E-state index in [2.05, 4.69) is 25.8 Å². The van der Waals surface area contributed by atoms with Crippen LogP contribution in [-0.2, 0) is 0 Å². The van der Waals surface area contributed by atoms with Gasteiger partial charge in [-0.15, -0.1) is 0 Å². The Hall–Kier alpha value is -0.0400. The van der Waals surface area contributed by atoms with E-state index in [1.165, 1.54) is 296 Å². The number of unbranched alkanes of at least 4 members (excludes halogenated alkanes) is 42. The Bertz CT molecular complexity index is 509. The van der Waals surface area contributed by atoms with Crippen LogP contribution < -0.4 is 0 Å². The normalized spacial score (nSPS) is 11.8. The minimum atomic E-state index is 1.32. The summed E-state index contributed by atoms with van der Waals surface area (Å²) < 4.78 is 0. The molecule has 0 aliphatic rings. The van der Waals surface area contributed by atoms with Crippen LogP contribution in [0.1, 0.15) is 296 Å². The summed E-state index contributed by atoms with van der Waals surface area (Å²) in [6, 6.07) is 0. The van der Waals surface area contributed by atoms with Gasteiger partial charge in [0.1, 0.15) is 0 Å². The molecule has 0 atom stereocenters. The molecule has 0 aliphatic heterocycles. The molecule has 0 aromatic carbocycles. The first-order valence-corrected chi connectivity index (χ1v) is 24.5. The molecule has 0 saturated carbocycles. The second-order valence-electron chi connectivity index (χ2n) is 17.2. The fraction of sp³-hybridized carbons (Fsp3) is 1.00. The third kappa shape index (κ3) is 46.0. The highest BCUT2D eigenvalue weighted by molar-refractivity contribution is 4.56. The van der Waals surface area contributed by atoms with Crippen molar-refractivity contribution >= 4 is 0 Å². The summed E-state index contributed by atoms with van der Waals surface area (Å²) in [6.07, 6.45) is 64.8. The van der Waals surface area contributed by atoms with Crippen LogP contribution in [0.3, 0.4) is 0 Å². The van der Waals surface area contributed by atoms with Crippen LogP contribution >= 0.6 is 0 Å². The van der Waals surface area contributed by atoms with Gasteiger partial charge in [-0.3, -0.25) is 0 Å². The largest absolute Gasteiger partial charge is 0.306 e. The smallest absolute Gasteiger partial charge is 0.00218 e. The molecule has 1 heteroatoms. The summed E-state index contributed by atoms with van der Waals surface area (Å²) in [5, 5.41) is 0. The third-order valence-corrected chi connectivity index (χ3v) is 11.8. The SMILES string of the molecule is CCCCCCCCCCCCCCCCCCCCCCCCN(C)CCCCCCCCCCCCCCCCCCCCCCCC. The van der Waals surface area contributed by atoms with E-state index in [0.717, 1.165) is 0 Å². The van der Waals surface area contributed by atoms with Crippen molar-refractivity contribution in [1.29, 1.82) is 0 Å². The number of hydrogen-bond donors (Lipinski definition) is 0. The molecule has 0 fully saturated rings. The molecule has 0 bridgehead atoms. The maximum absolute atomic E-state index is 2.60. The van der Waals surface area contributed by atoms with Crippen LogP contribution in [0, 0.1) is 0 Å². The average Bonchev–Trinajstić information content (AvgIpc) is 3.12. The Morgan fingerprint density at radius 1 is 0.180 bits per heavy atom. The first-order chi connectivity index (χ1) is 24.8. The average molecular weight is 704 g/mol. The monoisotopic (exact) mass is 704 g/mol. The first kappa shape index (κ1) is 50.0. The van der Waals surface area contributed by atoms with Crippen molar-refractivity contribution in [2.45, 2.75) is 296 Å². The topological polar surface area (TPSA) is 3.24 Å². The molecule has 0 N–H and O–H groups in total. The van der Waals surface area contributed by atoms with Crippen LogP contribution in [0.2, 0.25) is 0 Å². The molecular formula is C49H101N. The predicted molar refractivity (Wildman–Crippen MR) is 232 cm³/mol. The maximum atomic E-state index is 2.60. The van der Waals surface area contributed by atoms with E-state index in [1.54, 1.807) is 0 Å². The molecule has 50 heavy (non-hydrogen) atoms. The molecule has 302 valence electrons. The maximum Gasteiger partial charge on any atom is -0.00218 e. The Morgan fingerprint density at radius 3 is 0.440 bits per heavy atom. The summed E-state index contributed by atoms with van der Waals surface area (Å²) in [5.41, 5.74) is 0. The van der Waals surface area contributed by atoms with Crippen molar-refractivity contribution in [3.63, 3.8) is 0 Å². The molecule has 0 rings (SSSR count). The molecule has 0 aromatic rings. The Balaban J connectivity index is 3.14. The quantitative estimate of drug-likeness (QED) is 0.0571. The first-order valence-electron chi connectivity index (χ1n) is 24.5. The van der Waals surface area contributed by atoms with Gasteiger partial charge in [-0.05, 0) is 33.0 Å². The number of hydrogen-bond acceptors (Lipinski definition) is 1. The molecule has 0 saturated heterocycles. The van der Waals surface area contributed by atoms with Crippen molar-refractivity contribution in [1.82, 2.24) is 4.90 Å². The van der Waals surface area contributed by atoms with E-state index in [-0.39, 0.29) is 0 Å². The summed E-state index contributed by atoms with van der Waals surface area (Å²) in [7, 11) is 2.36. The van der Waals surface area contributed by atoms with Crippen LogP contribution in [0.5, 0.6) is 0 Å². The summed E-state index contributed by atoms with van der Waals surface area (Å²) >= 11 is 0. The van der Waals surface area contributed by atoms with Crippen LogP contribution in [0.4, 0.5) is 0 Å². The lowest BCUT2D eigenvalue weighted by molar-refractivity contribution is 0.314. The van der Waals surface area contributed by atoms with Gasteiger partial charge in [0.15, 0.2) is 0 Å². The van der Waals surface area contributed by atoms with Gasteiger partial charge in [0.2, 0.25) is 0 Å². The molecule has 1 nitrogen and oxygen atoms in total. The van der Waals surface area contributed by atoms with Gasteiger partial charge < -0.3 is 4.90 Å². The van der Waals surface area contributed by atoms with Gasteiger partial charge in [-0.25, -0.2) is 0 Å². The van der Waals surface area contributed by atoms with Gasteiger partial charge in [0.05, 0.1) is 0 Å². The Morgan fingerprint density at radius 2 is 0.300 bits per heavy atom. The summed E-state index contributed by atoms with van der Waals surface area (Å²) in [4.78, 5) is 2.60. The zero-order valence-electron chi connectivity index (χ0n) is 36.0. The Labute approximate surface area is 320 Å². The zero-order chi connectivity index (χ0) is 36.1. The number of rotatable bonds is 46. The van der Waals surface area contributed by atoms with E-state index in [9.17, 15) is 0 Å². The lowest BCUT2D eigenvalue weighted by atomic mass is 10.0. The van der Waals surface area contributed by atoms with Gasteiger partial charge in [0, 0.05) is 0 Å². The van der Waals surface area contributed by atoms with Gasteiger partial charge in [-0.1, -0.05) is 284 Å². The van der Waals surface area contributed by atoms with Crippen molar-refractivity contribution in [3.8, 4) is 0 Å². The second kappa shape index (κ2) is 47.0. The predicted octanol–water partition coefficient (Wildman–Crippen LogP) is 18.1. The minimum Gasteiger partial charge on any atom is -0.306 e. The van der Waals surface area contributed by atoms with E-state index >= 15 is 0 Å². The van der Waals surface area contributed by atoms with Crippen molar-refractivity contribution in [2.24, 2.45) is 0 Å². The van der Waals surface area contributed by atoms with E-state index in [0.29, 0.717) is 0 Å². The minimum absolute atomic E-state index is 1.32. The summed E-state index contributed by atoms with van der Waals surface area (Å²) in [5.74, 6) is 0. The molecule has 0 aliphatic carbocycles. The van der Waals surface area contributed by atoms with Crippen LogP contribution in [-0.4, -0.2) is 25.0 Å². The molecule has 0 aromatic heterocycles. The van der Waals surface area contributed by atoms with Crippen LogP contribution in [0.15, 0.2) is 0 Å². The molecule has 0 radical (unpaired) electrons.